The zero-order valence-electron chi connectivity index (χ0n) is 21.3. The van der Waals surface area contributed by atoms with Crippen LogP contribution in [0.15, 0.2) is 36.7 Å². The molecule has 0 radical (unpaired) electrons. The summed E-state index contributed by atoms with van der Waals surface area (Å²) in [6, 6.07) is 8.48. The molecule has 0 aliphatic carbocycles. The number of amides is 2. The van der Waals surface area contributed by atoms with Gasteiger partial charge in [-0.2, -0.15) is 0 Å². The van der Waals surface area contributed by atoms with Gasteiger partial charge in [0.2, 0.25) is 0 Å². The molecule has 1 fully saturated rings. The second kappa shape index (κ2) is 8.70. The number of rotatable bonds is 2. The van der Waals surface area contributed by atoms with Crippen LogP contribution in [0.2, 0.25) is 0 Å². The first-order valence-corrected chi connectivity index (χ1v) is 12.5. The van der Waals surface area contributed by atoms with Gasteiger partial charge in [-0.3, -0.25) is 4.79 Å². The minimum atomic E-state index is -0.499. The number of aromatic nitrogens is 2. The average molecular weight is 475 g/mol. The van der Waals surface area contributed by atoms with Crippen LogP contribution in [-0.2, 0) is 11.2 Å². The Hall–Kier alpha value is -3.35. The Morgan fingerprint density at radius 2 is 1.77 bits per heavy atom. The van der Waals surface area contributed by atoms with E-state index in [1.807, 2.05) is 44.9 Å². The van der Waals surface area contributed by atoms with Crippen molar-refractivity contribution in [2.24, 2.45) is 0 Å². The number of hydrogen-bond acceptors (Lipinski definition) is 4. The molecule has 5 rings (SSSR count). The molecular weight excluding hydrogens is 440 g/mol. The number of carbonyl (C=O) groups excluding carboxylic acids is 2. The number of piperidine rings is 1. The fourth-order valence-corrected chi connectivity index (χ4v) is 5.27. The molecule has 0 bridgehead atoms. The maximum absolute atomic E-state index is 13.4. The molecule has 7 heteroatoms. The first kappa shape index (κ1) is 23.4. The summed E-state index contributed by atoms with van der Waals surface area (Å²) in [5, 5.41) is 0. The number of ether oxygens (including phenoxy) is 1. The lowest BCUT2D eigenvalue weighted by Crippen LogP contribution is -2.51. The van der Waals surface area contributed by atoms with Crippen molar-refractivity contribution in [2.45, 2.75) is 65.5 Å². The van der Waals surface area contributed by atoms with E-state index in [0.29, 0.717) is 19.6 Å². The monoisotopic (exact) mass is 474 g/mol. The summed E-state index contributed by atoms with van der Waals surface area (Å²) in [6.07, 6.45) is 6.29. The number of pyridine rings is 1. The van der Waals surface area contributed by atoms with Gasteiger partial charge in [0.15, 0.2) is 0 Å². The van der Waals surface area contributed by atoms with E-state index in [1.165, 1.54) is 5.56 Å². The molecule has 4 heterocycles. The molecule has 0 spiro atoms. The van der Waals surface area contributed by atoms with Gasteiger partial charge in [-0.25, -0.2) is 9.78 Å². The summed E-state index contributed by atoms with van der Waals surface area (Å²) < 4.78 is 7.57. The van der Waals surface area contributed by atoms with Crippen LogP contribution in [0.25, 0.3) is 16.8 Å². The van der Waals surface area contributed by atoms with Gasteiger partial charge in [0.25, 0.3) is 5.91 Å². The van der Waals surface area contributed by atoms with Gasteiger partial charge in [-0.1, -0.05) is 12.1 Å². The smallest absolute Gasteiger partial charge is 0.410 e. The van der Waals surface area contributed by atoms with Crippen molar-refractivity contribution < 1.29 is 14.3 Å². The lowest BCUT2D eigenvalue weighted by molar-refractivity contribution is 0.0144. The zero-order chi connectivity index (χ0) is 24.9. The van der Waals surface area contributed by atoms with E-state index >= 15 is 0 Å². The van der Waals surface area contributed by atoms with Crippen LogP contribution in [0.5, 0.6) is 0 Å². The van der Waals surface area contributed by atoms with Gasteiger partial charge in [0.05, 0.1) is 5.69 Å². The van der Waals surface area contributed by atoms with Gasteiger partial charge in [0.1, 0.15) is 11.2 Å². The Bertz CT molecular complexity index is 1300. The van der Waals surface area contributed by atoms with Crippen LogP contribution in [-0.4, -0.2) is 62.5 Å². The number of nitrogens with zero attached hydrogens (tertiary/aromatic N) is 4. The number of carbonyl (C=O) groups is 2. The summed E-state index contributed by atoms with van der Waals surface area (Å²) in [5.74, 6) is 0.103. The first-order valence-electron chi connectivity index (χ1n) is 12.5. The van der Waals surface area contributed by atoms with E-state index in [9.17, 15) is 9.59 Å². The predicted molar refractivity (Wildman–Crippen MR) is 136 cm³/mol. The minimum absolute atomic E-state index is 0.103. The standard InChI is InChI=1S/C28H34N4O3/c1-18-14-25-29-19(2)16-31(25)17-24(18)20-6-7-23-21(15-20)8-13-32(26(23)33)22-9-11-30(12-10-22)27(34)35-28(3,4)5/h6-7,14-17,22H,8-13H2,1-5H3. The van der Waals surface area contributed by atoms with E-state index in [1.54, 1.807) is 4.90 Å². The van der Waals surface area contributed by atoms with E-state index < -0.39 is 5.60 Å². The highest BCUT2D eigenvalue weighted by atomic mass is 16.6. The third-order valence-electron chi connectivity index (χ3n) is 7.01. The molecule has 1 aromatic carbocycles. The second-order valence-corrected chi connectivity index (χ2v) is 10.8. The normalized spacial score (nSPS) is 17.1. The van der Waals surface area contributed by atoms with Gasteiger partial charge in [-0.05, 0) is 82.7 Å². The van der Waals surface area contributed by atoms with Gasteiger partial charge in [0, 0.05) is 49.2 Å². The molecule has 2 amide bonds. The molecular formula is C28H34N4O3. The van der Waals surface area contributed by atoms with Crippen molar-refractivity contribution >= 4 is 17.6 Å². The predicted octanol–water partition coefficient (Wildman–Crippen LogP) is 5.02. The largest absolute Gasteiger partial charge is 0.444 e. The van der Waals surface area contributed by atoms with Crippen LogP contribution in [0.3, 0.4) is 0 Å². The Balaban J connectivity index is 1.30. The first-order chi connectivity index (χ1) is 16.6. The number of imidazole rings is 1. The van der Waals surface area contributed by atoms with E-state index in [2.05, 4.69) is 40.7 Å². The van der Waals surface area contributed by atoms with Crippen LogP contribution in [0, 0.1) is 13.8 Å². The molecule has 0 N–H and O–H groups in total. The fourth-order valence-electron chi connectivity index (χ4n) is 5.27. The van der Waals surface area contributed by atoms with Crippen molar-refractivity contribution in [2.75, 3.05) is 19.6 Å². The van der Waals surface area contributed by atoms with Crippen molar-refractivity contribution in [3.05, 3.63) is 59.0 Å². The van der Waals surface area contributed by atoms with Crippen molar-refractivity contribution in [3.63, 3.8) is 0 Å². The number of likely N-dealkylation sites (tertiary alicyclic amines) is 1. The summed E-state index contributed by atoms with van der Waals surface area (Å²) in [6.45, 7) is 11.7. The Morgan fingerprint density at radius 1 is 1.03 bits per heavy atom. The number of fused-ring (bicyclic) bond motifs is 2. The maximum atomic E-state index is 13.4. The molecule has 2 aliphatic heterocycles. The number of benzene rings is 1. The summed E-state index contributed by atoms with van der Waals surface area (Å²) in [7, 11) is 0. The Labute approximate surface area is 206 Å². The van der Waals surface area contributed by atoms with Gasteiger partial charge < -0.3 is 18.9 Å². The quantitative estimate of drug-likeness (QED) is 0.523. The van der Waals surface area contributed by atoms with Crippen LogP contribution in [0.4, 0.5) is 4.79 Å². The topological polar surface area (TPSA) is 67.2 Å². The molecule has 35 heavy (non-hydrogen) atoms. The molecule has 0 saturated carbocycles. The molecule has 2 aromatic heterocycles. The Morgan fingerprint density at radius 3 is 2.49 bits per heavy atom. The summed E-state index contributed by atoms with van der Waals surface area (Å²) in [4.78, 5) is 34.1. The van der Waals surface area contributed by atoms with Crippen LogP contribution >= 0.6 is 0 Å². The molecule has 3 aromatic rings. The summed E-state index contributed by atoms with van der Waals surface area (Å²) in [5.41, 5.74) is 6.80. The van der Waals surface area contributed by atoms with E-state index in [0.717, 1.165) is 52.9 Å². The van der Waals surface area contributed by atoms with E-state index in [4.69, 9.17) is 4.74 Å². The molecule has 7 nitrogen and oxygen atoms in total. The molecule has 2 aliphatic rings. The van der Waals surface area contributed by atoms with Crippen molar-refractivity contribution in [3.8, 4) is 11.1 Å². The lowest BCUT2D eigenvalue weighted by Gasteiger charge is -2.40. The van der Waals surface area contributed by atoms with Crippen LogP contribution in [0.1, 0.15) is 60.8 Å². The Kier molecular flexibility index (Phi) is 5.82. The van der Waals surface area contributed by atoms with E-state index in [-0.39, 0.29) is 18.0 Å². The molecule has 0 atom stereocenters. The highest BCUT2D eigenvalue weighted by Gasteiger charge is 2.34. The fraction of sp³-hybridized carbons (Fsp3) is 0.464. The number of hydrogen-bond donors (Lipinski definition) is 0. The SMILES string of the molecule is Cc1cn2cc(-c3ccc4c(c3)CCN(C3CCN(C(=O)OC(C)(C)C)CC3)C4=O)c(C)cc2n1. The van der Waals surface area contributed by atoms with Gasteiger partial charge in [-0.15, -0.1) is 0 Å². The molecule has 0 unspecified atom stereocenters. The van der Waals surface area contributed by atoms with Crippen molar-refractivity contribution in [1.29, 1.82) is 0 Å². The summed E-state index contributed by atoms with van der Waals surface area (Å²) >= 11 is 0. The molecule has 1 saturated heterocycles. The maximum Gasteiger partial charge on any atom is 0.410 e. The second-order valence-electron chi connectivity index (χ2n) is 10.8. The highest BCUT2D eigenvalue weighted by molar-refractivity contribution is 5.97. The molecule has 184 valence electrons. The average Bonchev–Trinajstić information content (AvgIpc) is 3.16. The zero-order valence-corrected chi connectivity index (χ0v) is 21.3. The number of aryl methyl sites for hydroxylation is 2. The van der Waals surface area contributed by atoms with Crippen molar-refractivity contribution in [1.82, 2.24) is 19.2 Å². The van der Waals surface area contributed by atoms with Gasteiger partial charge >= 0.3 is 6.09 Å². The lowest BCUT2D eigenvalue weighted by atomic mass is 9.91. The third kappa shape index (κ3) is 4.64. The van der Waals surface area contributed by atoms with Crippen LogP contribution < -0.4 is 0 Å². The highest BCUT2D eigenvalue weighted by Crippen LogP contribution is 2.31. The minimum Gasteiger partial charge on any atom is -0.444 e. The third-order valence-corrected chi connectivity index (χ3v) is 7.01.